The zero-order valence-corrected chi connectivity index (χ0v) is 30.7. The monoisotopic (exact) mass is 728 g/mol. The van der Waals surface area contributed by atoms with Crippen molar-refractivity contribution in [1.29, 1.82) is 0 Å². The van der Waals surface area contributed by atoms with Crippen LogP contribution in [0.15, 0.2) is 199 Å². The number of nitrogens with zero attached hydrogens (tertiary/aromatic N) is 4. The van der Waals surface area contributed by atoms with Crippen LogP contribution in [0.5, 0.6) is 0 Å². The van der Waals surface area contributed by atoms with Crippen LogP contribution in [0.2, 0.25) is 0 Å². The quantitative estimate of drug-likeness (QED) is 0.177. The van der Waals surface area contributed by atoms with E-state index in [0.717, 1.165) is 71.9 Å². The Labute approximate surface area is 327 Å². The first-order valence-corrected chi connectivity index (χ1v) is 19.3. The Balaban J connectivity index is 1.12. The molecule has 0 radical (unpaired) electrons. The molecule has 0 N–H and O–H groups in total. The van der Waals surface area contributed by atoms with Crippen molar-refractivity contribution in [3.05, 3.63) is 194 Å². The van der Waals surface area contributed by atoms with E-state index in [1.165, 1.54) is 27.4 Å². The molecule has 8 aromatic carbocycles. The van der Waals surface area contributed by atoms with Crippen LogP contribution >= 0.6 is 0 Å². The van der Waals surface area contributed by atoms with E-state index < -0.39 is 0 Å². The zero-order valence-electron chi connectivity index (χ0n) is 30.7. The highest BCUT2D eigenvalue weighted by Crippen LogP contribution is 2.44. The number of benzene rings is 8. The van der Waals surface area contributed by atoms with E-state index in [9.17, 15) is 0 Å². The van der Waals surface area contributed by atoms with Gasteiger partial charge in [-0.2, -0.15) is 4.98 Å². The van der Waals surface area contributed by atoms with Gasteiger partial charge in [0.1, 0.15) is 0 Å². The molecule has 0 saturated heterocycles. The highest BCUT2D eigenvalue weighted by molar-refractivity contribution is 6.23. The average Bonchev–Trinajstić information content (AvgIpc) is 3.94. The van der Waals surface area contributed by atoms with Crippen molar-refractivity contribution < 1.29 is 4.42 Å². The van der Waals surface area contributed by atoms with Crippen LogP contribution in [-0.4, -0.2) is 19.1 Å². The van der Waals surface area contributed by atoms with Gasteiger partial charge in [-0.15, -0.1) is 0 Å². The van der Waals surface area contributed by atoms with Gasteiger partial charge in [0, 0.05) is 49.4 Å². The number of fused-ring (bicyclic) bond motifs is 10. The SMILES string of the molecule is c1ccc(-c2nc(-c3ccccc3)c3c(n2)oc2c3ccc3c4cc(-c5ccc6c(c5)c5ccccc5n6-c5ccccc5)ccc4n(-c4ccccc4)c32)cc1. The third-order valence-corrected chi connectivity index (χ3v) is 11.3. The van der Waals surface area contributed by atoms with E-state index in [0.29, 0.717) is 11.5 Å². The molecule has 266 valence electrons. The molecule has 57 heavy (non-hydrogen) atoms. The van der Waals surface area contributed by atoms with Crippen molar-refractivity contribution in [3.8, 4) is 45.1 Å². The fourth-order valence-electron chi connectivity index (χ4n) is 8.79. The lowest BCUT2D eigenvalue weighted by molar-refractivity contribution is 0.655. The van der Waals surface area contributed by atoms with Crippen molar-refractivity contribution in [2.45, 2.75) is 0 Å². The summed E-state index contributed by atoms with van der Waals surface area (Å²) in [5.41, 5.74) is 13.2. The third-order valence-electron chi connectivity index (χ3n) is 11.3. The third kappa shape index (κ3) is 4.82. The van der Waals surface area contributed by atoms with Gasteiger partial charge in [0.05, 0.1) is 33.1 Å². The van der Waals surface area contributed by atoms with Crippen LogP contribution in [0.1, 0.15) is 0 Å². The molecule has 5 nitrogen and oxygen atoms in total. The lowest BCUT2D eigenvalue weighted by atomic mass is 10.00. The van der Waals surface area contributed by atoms with Crippen LogP contribution < -0.4 is 0 Å². The van der Waals surface area contributed by atoms with E-state index in [1.54, 1.807) is 0 Å². The summed E-state index contributed by atoms with van der Waals surface area (Å²) in [6, 6.07) is 68.5. The Morgan fingerprint density at radius 1 is 0.368 bits per heavy atom. The molecule has 0 spiro atoms. The second kappa shape index (κ2) is 12.4. The first-order chi connectivity index (χ1) is 28.3. The molecule has 0 saturated carbocycles. The molecule has 0 atom stereocenters. The second-order valence-corrected chi connectivity index (χ2v) is 14.6. The van der Waals surface area contributed by atoms with Gasteiger partial charge in [0.25, 0.3) is 0 Å². The van der Waals surface area contributed by atoms with E-state index in [1.807, 2.05) is 36.4 Å². The van der Waals surface area contributed by atoms with Crippen molar-refractivity contribution >= 4 is 65.7 Å². The summed E-state index contributed by atoms with van der Waals surface area (Å²) >= 11 is 0. The summed E-state index contributed by atoms with van der Waals surface area (Å²) < 4.78 is 11.6. The maximum absolute atomic E-state index is 6.95. The molecule has 0 bridgehead atoms. The van der Waals surface area contributed by atoms with E-state index in [4.69, 9.17) is 14.4 Å². The van der Waals surface area contributed by atoms with Crippen LogP contribution in [0.3, 0.4) is 0 Å². The van der Waals surface area contributed by atoms with E-state index in [-0.39, 0.29) is 0 Å². The molecule has 0 aliphatic heterocycles. The van der Waals surface area contributed by atoms with Gasteiger partial charge in [0.2, 0.25) is 5.71 Å². The number of para-hydroxylation sites is 3. The fraction of sp³-hybridized carbons (Fsp3) is 0. The molecule has 12 aromatic rings. The number of furan rings is 1. The van der Waals surface area contributed by atoms with Crippen LogP contribution in [0.4, 0.5) is 0 Å². The van der Waals surface area contributed by atoms with E-state index >= 15 is 0 Å². The number of hydrogen-bond donors (Lipinski definition) is 0. The molecule has 4 aromatic heterocycles. The summed E-state index contributed by atoms with van der Waals surface area (Å²) in [4.78, 5) is 10.3. The molecule has 0 amide bonds. The van der Waals surface area contributed by atoms with Crippen molar-refractivity contribution in [2.75, 3.05) is 0 Å². The number of rotatable bonds is 5. The van der Waals surface area contributed by atoms with Gasteiger partial charge in [-0.25, -0.2) is 4.98 Å². The van der Waals surface area contributed by atoms with Crippen LogP contribution in [0.25, 0.3) is 111 Å². The summed E-state index contributed by atoms with van der Waals surface area (Å²) in [6.45, 7) is 0. The van der Waals surface area contributed by atoms with Crippen molar-refractivity contribution in [2.24, 2.45) is 0 Å². The predicted molar refractivity (Wildman–Crippen MR) is 234 cm³/mol. The Morgan fingerprint density at radius 3 is 1.58 bits per heavy atom. The molecule has 0 aliphatic carbocycles. The molecule has 0 unspecified atom stereocenters. The average molecular weight is 729 g/mol. The van der Waals surface area contributed by atoms with Gasteiger partial charge in [0.15, 0.2) is 11.4 Å². The second-order valence-electron chi connectivity index (χ2n) is 14.6. The Morgan fingerprint density at radius 2 is 0.895 bits per heavy atom. The summed E-state index contributed by atoms with van der Waals surface area (Å²) in [5, 5.41) is 6.62. The highest BCUT2D eigenvalue weighted by atomic mass is 16.3. The highest BCUT2D eigenvalue weighted by Gasteiger charge is 2.24. The smallest absolute Gasteiger partial charge is 0.231 e. The normalized spacial score (nSPS) is 11.9. The van der Waals surface area contributed by atoms with Crippen molar-refractivity contribution in [3.63, 3.8) is 0 Å². The fourth-order valence-corrected chi connectivity index (χ4v) is 8.79. The summed E-state index contributed by atoms with van der Waals surface area (Å²) in [6.07, 6.45) is 0. The van der Waals surface area contributed by atoms with Gasteiger partial charge < -0.3 is 13.6 Å². The minimum Gasteiger partial charge on any atom is -0.435 e. The van der Waals surface area contributed by atoms with E-state index in [2.05, 4.69) is 167 Å². The summed E-state index contributed by atoms with van der Waals surface area (Å²) in [7, 11) is 0. The van der Waals surface area contributed by atoms with Gasteiger partial charge in [-0.1, -0.05) is 133 Å². The Kier molecular flexibility index (Phi) is 6.86. The molecular formula is C52H32N4O. The van der Waals surface area contributed by atoms with Gasteiger partial charge in [-0.3, -0.25) is 0 Å². The lowest BCUT2D eigenvalue weighted by Gasteiger charge is -2.09. The number of aromatic nitrogens is 4. The topological polar surface area (TPSA) is 48.8 Å². The maximum Gasteiger partial charge on any atom is 0.231 e. The molecule has 12 rings (SSSR count). The van der Waals surface area contributed by atoms with Crippen LogP contribution in [-0.2, 0) is 0 Å². The Hall–Kier alpha value is -7.76. The Bertz CT molecular complexity index is 3490. The molecular weight excluding hydrogens is 697 g/mol. The largest absolute Gasteiger partial charge is 0.435 e. The number of hydrogen-bond acceptors (Lipinski definition) is 3. The van der Waals surface area contributed by atoms with Crippen LogP contribution in [0, 0.1) is 0 Å². The van der Waals surface area contributed by atoms with Gasteiger partial charge >= 0.3 is 0 Å². The molecule has 0 fully saturated rings. The van der Waals surface area contributed by atoms with Gasteiger partial charge in [-0.05, 0) is 71.8 Å². The zero-order chi connectivity index (χ0) is 37.5. The molecule has 5 heteroatoms. The standard InChI is InChI=1S/C52H32N4O/c1-5-15-33(16-6-1)48-47-41-28-27-40-43-32-36(35-25-29-45-42(31-35)39-23-13-14-24-44(39)55(45)37-19-9-3-10-20-37)26-30-46(43)56(38-21-11-4-12-22-38)49(40)50(41)57-52(47)54-51(53-48)34-17-7-2-8-18-34/h1-32H. The minimum atomic E-state index is 0.568. The lowest BCUT2D eigenvalue weighted by Crippen LogP contribution is -1.94. The molecule has 4 heterocycles. The minimum absolute atomic E-state index is 0.568. The summed E-state index contributed by atoms with van der Waals surface area (Å²) in [5.74, 6) is 0.634. The van der Waals surface area contributed by atoms with Crippen molar-refractivity contribution in [1.82, 2.24) is 19.1 Å². The predicted octanol–water partition coefficient (Wildman–Crippen LogP) is 13.6. The molecule has 0 aliphatic rings. The maximum atomic E-state index is 6.95. The first-order valence-electron chi connectivity index (χ1n) is 19.3. The first kappa shape index (κ1) is 31.6.